The molecule has 3 aromatic heterocycles. The fourth-order valence-corrected chi connectivity index (χ4v) is 3.99. The Kier molecular flexibility index (Phi) is 8.86. The van der Waals surface area contributed by atoms with E-state index in [0.29, 0.717) is 40.5 Å². The van der Waals surface area contributed by atoms with Crippen molar-refractivity contribution in [2.75, 3.05) is 39.7 Å². The molecule has 12 heteroatoms. The van der Waals surface area contributed by atoms with Crippen LogP contribution in [0.15, 0.2) is 31.1 Å². The van der Waals surface area contributed by atoms with E-state index in [-0.39, 0.29) is 17.5 Å². The smallest absolute Gasteiger partial charge is 0.255 e. The molecule has 0 bridgehead atoms. The average Bonchev–Trinajstić information content (AvgIpc) is 3.64. The van der Waals surface area contributed by atoms with E-state index in [1.54, 1.807) is 26.4 Å². The second-order valence-electron chi connectivity index (χ2n) is 7.93. The number of H-pyrrole nitrogens is 1. The van der Waals surface area contributed by atoms with E-state index in [2.05, 4.69) is 45.1 Å². The van der Waals surface area contributed by atoms with E-state index >= 15 is 0 Å². The largest absolute Gasteiger partial charge is 0.494 e. The normalized spacial score (nSPS) is 14.1. The first-order valence-electron chi connectivity index (χ1n) is 11.3. The highest BCUT2D eigenvalue weighted by molar-refractivity contribution is 5.99. The molecule has 37 heavy (non-hydrogen) atoms. The van der Waals surface area contributed by atoms with Gasteiger partial charge in [0, 0.05) is 32.5 Å². The van der Waals surface area contributed by atoms with Crippen molar-refractivity contribution in [1.82, 2.24) is 24.7 Å². The van der Waals surface area contributed by atoms with Crippen molar-refractivity contribution in [2.45, 2.75) is 18.9 Å². The quantitative estimate of drug-likeness (QED) is 0.334. The predicted octanol–water partition coefficient (Wildman–Crippen LogP) is 1.29. The SMILES string of the molecule is C=CC(=O)N1CCCC1COC.CNc1n[nH]c(C#Cc2cc(OC)c3c(C#N)cnn3c2)c1C(N)=O. The molecule has 2 amide bonds. The van der Waals surface area contributed by atoms with Crippen LogP contribution in [0.1, 0.15) is 40.0 Å². The minimum absolute atomic E-state index is 0.0227. The number of nitrogens with zero attached hydrogens (tertiary/aromatic N) is 5. The maximum atomic E-state index is 11.6. The van der Waals surface area contributed by atoms with E-state index in [0.717, 1.165) is 19.4 Å². The molecule has 1 unspecified atom stereocenters. The molecule has 0 aromatic carbocycles. The van der Waals surface area contributed by atoms with Crippen molar-refractivity contribution in [2.24, 2.45) is 5.73 Å². The number of hydrogen-bond donors (Lipinski definition) is 3. The predicted molar refractivity (Wildman–Crippen MR) is 136 cm³/mol. The molecule has 1 aliphatic rings. The summed E-state index contributed by atoms with van der Waals surface area (Å²) in [4.78, 5) is 24.7. The number of aromatic amines is 1. The Hall–Kier alpha value is -4.81. The number of carbonyl (C=O) groups excluding carboxylic acids is 2. The number of aromatic nitrogens is 4. The molecular formula is C25H28N8O4. The number of carbonyl (C=O) groups is 2. The Labute approximate surface area is 214 Å². The molecule has 0 aliphatic carbocycles. The molecule has 1 saturated heterocycles. The molecule has 4 N–H and O–H groups in total. The number of likely N-dealkylation sites (tertiary alicyclic amines) is 1. The molecule has 1 fully saturated rings. The first-order chi connectivity index (χ1) is 17.9. The van der Waals surface area contributed by atoms with Crippen LogP contribution in [-0.4, -0.2) is 77.0 Å². The number of primary amides is 1. The number of nitrogens with one attached hydrogen (secondary N) is 2. The van der Waals surface area contributed by atoms with Gasteiger partial charge < -0.3 is 25.4 Å². The van der Waals surface area contributed by atoms with Crippen molar-refractivity contribution in [3.8, 4) is 23.7 Å². The lowest BCUT2D eigenvalue weighted by molar-refractivity contribution is -0.127. The number of pyridine rings is 1. The Morgan fingerprint density at radius 3 is 2.81 bits per heavy atom. The monoisotopic (exact) mass is 504 g/mol. The zero-order chi connectivity index (χ0) is 26.9. The van der Waals surface area contributed by atoms with Crippen LogP contribution in [0.4, 0.5) is 5.82 Å². The number of ether oxygens (including phenoxy) is 2. The van der Waals surface area contributed by atoms with E-state index in [4.69, 9.17) is 20.5 Å². The highest BCUT2D eigenvalue weighted by Crippen LogP contribution is 2.24. The lowest BCUT2D eigenvalue weighted by atomic mass is 10.2. The lowest BCUT2D eigenvalue weighted by Crippen LogP contribution is -2.36. The molecule has 0 spiro atoms. The van der Waals surface area contributed by atoms with Crippen LogP contribution < -0.4 is 15.8 Å². The summed E-state index contributed by atoms with van der Waals surface area (Å²) in [6.07, 6.45) is 6.61. The number of anilines is 1. The molecule has 0 saturated carbocycles. The second kappa shape index (κ2) is 12.2. The molecule has 4 rings (SSSR count). The van der Waals surface area contributed by atoms with Crippen molar-refractivity contribution >= 4 is 23.1 Å². The number of hydrogen-bond acceptors (Lipinski definition) is 8. The Morgan fingerprint density at radius 2 is 2.19 bits per heavy atom. The van der Waals surface area contributed by atoms with Crippen molar-refractivity contribution in [1.29, 1.82) is 5.26 Å². The molecule has 0 radical (unpaired) electrons. The first-order valence-corrected chi connectivity index (χ1v) is 11.3. The van der Waals surface area contributed by atoms with Crippen LogP contribution in [0.5, 0.6) is 5.75 Å². The summed E-state index contributed by atoms with van der Waals surface area (Å²) in [7, 11) is 4.79. The number of fused-ring (bicyclic) bond motifs is 1. The van der Waals surface area contributed by atoms with Gasteiger partial charge in [-0.15, -0.1) is 0 Å². The summed E-state index contributed by atoms with van der Waals surface area (Å²) >= 11 is 0. The van der Waals surface area contributed by atoms with Crippen LogP contribution in [0.2, 0.25) is 0 Å². The zero-order valence-electron chi connectivity index (χ0n) is 20.9. The van der Waals surface area contributed by atoms with Gasteiger partial charge in [-0.25, -0.2) is 4.52 Å². The third kappa shape index (κ3) is 5.89. The van der Waals surface area contributed by atoms with E-state index in [1.807, 2.05) is 4.90 Å². The summed E-state index contributed by atoms with van der Waals surface area (Å²) < 4.78 is 11.9. The van der Waals surface area contributed by atoms with Crippen LogP contribution in [-0.2, 0) is 9.53 Å². The minimum atomic E-state index is -0.638. The molecule has 192 valence electrons. The second-order valence-corrected chi connectivity index (χ2v) is 7.93. The number of nitrogens with two attached hydrogens (primary N) is 1. The number of amides is 2. The van der Waals surface area contributed by atoms with Crippen molar-refractivity contribution in [3.05, 3.63) is 53.5 Å². The van der Waals surface area contributed by atoms with Gasteiger partial charge in [0.2, 0.25) is 5.91 Å². The highest BCUT2D eigenvalue weighted by atomic mass is 16.5. The number of rotatable bonds is 6. The molecule has 1 atom stereocenters. The summed E-state index contributed by atoms with van der Waals surface area (Å²) in [5, 5.41) is 22.6. The number of nitriles is 1. The molecular weight excluding hydrogens is 476 g/mol. The lowest BCUT2D eigenvalue weighted by Gasteiger charge is -2.22. The van der Waals surface area contributed by atoms with Gasteiger partial charge in [0.15, 0.2) is 5.82 Å². The third-order valence-corrected chi connectivity index (χ3v) is 5.69. The van der Waals surface area contributed by atoms with Gasteiger partial charge in [0.05, 0.1) is 26.0 Å². The topological polar surface area (TPSA) is 164 Å². The van der Waals surface area contributed by atoms with Gasteiger partial charge in [-0.05, 0) is 30.9 Å². The van der Waals surface area contributed by atoms with Gasteiger partial charge in [-0.2, -0.15) is 15.5 Å². The summed E-state index contributed by atoms with van der Waals surface area (Å²) in [6, 6.07) is 4.01. The van der Waals surface area contributed by atoms with Crippen LogP contribution in [0.25, 0.3) is 5.52 Å². The Morgan fingerprint density at radius 1 is 1.41 bits per heavy atom. The van der Waals surface area contributed by atoms with Gasteiger partial charge >= 0.3 is 0 Å². The van der Waals surface area contributed by atoms with E-state index in [9.17, 15) is 9.59 Å². The van der Waals surface area contributed by atoms with E-state index in [1.165, 1.54) is 23.9 Å². The molecule has 12 nitrogen and oxygen atoms in total. The van der Waals surface area contributed by atoms with Crippen molar-refractivity contribution < 1.29 is 19.1 Å². The van der Waals surface area contributed by atoms with Gasteiger partial charge in [-0.3, -0.25) is 14.7 Å². The van der Waals surface area contributed by atoms with Gasteiger partial charge in [-0.1, -0.05) is 12.5 Å². The molecule has 1 aliphatic heterocycles. The highest BCUT2D eigenvalue weighted by Gasteiger charge is 2.26. The van der Waals surface area contributed by atoms with E-state index < -0.39 is 5.91 Å². The molecule has 3 aromatic rings. The standard InChI is InChI=1S/C16H13N7O2.C9H15NO2/c1-19-16-13(15(18)24)11(21-22-16)4-3-9-5-12(25-2)14-10(6-17)7-20-23(14)8-9;1-3-9(11)10-6-4-5-8(10)7-12-2/h5,7-8H,1-2H3,(H2,18,24)(H2,19,21,22);3,8H,1,4-7H2,2H3. The Bertz CT molecular complexity index is 1410. The van der Waals surface area contributed by atoms with Crippen LogP contribution in [0, 0.1) is 23.2 Å². The summed E-state index contributed by atoms with van der Waals surface area (Å²) in [5.74, 6) is 5.92. The third-order valence-electron chi connectivity index (χ3n) is 5.69. The molecule has 4 heterocycles. The summed E-state index contributed by atoms with van der Waals surface area (Å²) in [5.41, 5.74) is 7.40. The summed E-state index contributed by atoms with van der Waals surface area (Å²) in [6.45, 7) is 4.95. The van der Waals surface area contributed by atoms with Gasteiger partial charge in [0.25, 0.3) is 5.91 Å². The van der Waals surface area contributed by atoms with Gasteiger partial charge in [0.1, 0.15) is 34.2 Å². The number of methoxy groups -OCH3 is 2. The van der Waals surface area contributed by atoms with Crippen LogP contribution in [0.3, 0.4) is 0 Å². The average molecular weight is 505 g/mol. The van der Waals surface area contributed by atoms with Crippen molar-refractivity contribution in [3.63, 3.8) is 0 Å². The zero-order valence-corrected chi connectivity index (χ0v) is 20.9. The maximum absolute atomic E-state index is 11.6. The Balaban J connectivity index is 0.000000266. The first kappa shape index (κ1) is 26.8. The fraction of sp³-hybridized carbons (Fsp3) is 0.320. The maximum Gasteiger partial charge on any atom is 0.255 e. The fourth-order valence-electron chi connectivity index (χ4n) is 3.99. The minimum Gasteiger partial charge on any atom is -0.494 e. The van der Waals surface area contributed by atoms with Crippen LogP contribution >= 0.6 is 0 Å².